The number of nitrogens with two attached hydrogens (primary N) is 1. The van der Waals surface area contributed by atoms with Crippen LogP contribution in [0.15, 0.2) is 73.4 Å². The van der Waals surface area contributed by atoms with Crippen LogP contribution in [-0.2, 0) is 16.0 Å². The van der Waals surface area contributed by atoms with Crippen molar-refractivity contribution in [3.05, 3.63) is 79.2 Å². The third-order valence-corrected chi connectivity index (χ3v) is 6.02. The Balaban J connectivity index is 1.72. The fraction of sp³-hybridized carbons (Fsp3) is 0.280. The molecule has 33 heavy (non-hydrogen) atoms. The largest absolute Gasteiger partial charge is 0.368 e. The zero-order valence-electron chi connectivity index (χ0n) is 19.2. The molecule has 0 radical (unpaired) electrons. The number of benzene rings is 1. The highest BCUT2D eigenvalue weighted by Crippen LogP contribution is 2.42. The molecule has 1 aliphatic carbocycles. The van der Waals surface area contributed by atoms with Gasteiger partial charge in [-0.15, -0.1) is 0 Å². The van der Waals surface area contributed by atoms with Crippen LogP contribution in [0.4, 0.5) is 5.95 Å². The molecule has 1 aromatic carbocycles. The summed E-state index contributed by atoms with van der Waals surface area (Å²) in [6.07, 6.45) is 15.3. The van der Waals surface area contributed by atoms with Gasteiger partial charge in [0.2, 0.25) is 5.95 Å². The molecular weight excluding hydrogens is 414 g/mol. The zero-order valence-corrected chi connectivity index (χ0v) is 19.2. The predicted molar refractivity (Wildman–Crippen MR) is 128 cm³/mol. The molecule has 3 aromatic heterocycles. The van der Waals surface area contributed by atoms with Crippen LogP contribution >= 0.6 is 0 Å². The molecule has 168 valence electrons. The van der Waals surface area contributed by atoms with E-state index < -0.39 is 5.72 Å². The fourth-order valence-corrected chi connectivity index (χ4v) is 4.54. The van der Waals surface area contributed by atoms with E-state index in [1.165, 1.54) is 0 Å². The van der Waals surface area contributed by atoms with Gasteiger partial charge in [-0.2, -0.15) is 5.10 Å². The number of allylic oxidation sites excluding steroid dienone is 2. The summed E-state index contributed by atoms with van der Waals surface area (Å²) in [6, 6.07) is 8.14. The van der Waals surface area contributed by atoms with Gasteiger partial charge in [0.15, 0.2) is 5.72 Å². The van der Waals surface area contributed by atoms with Crippen LogP contribution in [0.3, 0.4) is 0 Å². The summed E-state index contributed by atoms with van der Waals surface area (Å²) in [5.41, 5.74) is 8.43. The minimum absolute atomic E-state index is 0.192. The summed E-state index contributed by atoms with van der Waals surface area (Å²) in [4.78, 5) is 13.4. The normalized spacial score (nSPS) is 20.5. The Kier molecular flexibility index (Phi) is 4.90. The van der Waals surface area contributed by atoms with Crippen molar-refractivity contribution in [3.63, 3.8) is 0 Å². The summed E-state index contributed by atoms with van der Waals surface area (Å²) >= 11 is 0. The molecule has 0 saturated carbocycles. The summed E-state index contributed by atoms with van der Waals surface area (Å²) < 4.78 is 10.3. The lowest BCUT2D eigenvalue weighted by atomic mass is 9.89. The molecule has 8 nitrogen and oxygen atoms in total. The Labute approximate surface area is 192 Å². The number of imidazole rings is 1. The van der Waals surface area contributed by atoms with Crippen molar-refractivity contribution in [2.24, 2.45) is 0 Å². The monoisotopic (exact) mass is 441 g/mol. The average molecular weight is 442 g/mol. The Morgan fingerprint density at radius 2 is 1.88 bits per heavy atom. The minimum Gasteiger partial charge on any atom is -0.368 e. The van der Waals surface area contributed by atoms with Crippen molar-refractivity contribution in [2.75, 3.05) is 12.8 Å². The van der Waals surface area contributed by atoms with E-state index in [1.54, 1.807) is 25.7 Å². The first-order chi connectivity index (χ1) is 15.8. The molecule has 0 fully saturated rings. The highest BCUT2D eigenvalue weighted by Gasteiger charge is 2.43. The van der Waals surface area contributed by atoms with Crippen LogP contribution in [0, 0.1) is 0 Å². The van der Waals surface area contributed by atoms with Gasteiger partial charge >= 0.3 is 0 Å². The van der Waals surface area contributed by atoms with Crippen molar-refractivity contribution in [3.8, 4) is 11.1 Å². The Bertz CT molecular complexity index is 1340. The third-order valence-electron chi connectivity index (χ3n) is 6.02. The standard InChI is InChI=1S/C25H27N7O/c1-24(2,3)32-21-10-9-17(18-15-27-23(26)28-16-18)14-20(21)30-22(32)19-8-5-6-11-25(19,33-4)31-13-7-12-29-31/h5-16,19H,1-4H3,(H2,26,27,28). The summed E-state index contributed by atoms with van der Waals surface area (Å²) in [5.74, 6) is 0.967. The van der Waals surface area contributed by atoms with Crippen molar-refractivity contribution in [2.45, 2.75) is 38.0 Å². The Morgan fingerprint density at radius 1 is 1.09 bits per heavy atom. The van der Waals surface area contributed by atoms with Crippen LogP contribution in [0.1, 0.15) is 32.5 Å². The minimum atomic E-state index is -0.823. The molecule has 0 bridgehead atoms. The van der Waals surface area contributed by atoms with Gasteiger partial charge in [-0.3, -0.25) is 0 Å². The fourth-order valence-electron chi connectivity index (χ4n) is 4.54. The van der Waals surface area contributed by atoms with Crippen molar-refractivity contribution < 1.29 is 4.74 Å². The lowest BCUT2D eigenvalue weighted by molar-refractivity contribution is -0.0598. The summed E-state index contributed by atoms with van der Waals surface area (Å²) in [6.45, 7) is 6.55. The number of aromatic nitrogens is 6. The van der Waals surface area contributed by atoms with Gasteiger partial charge < -0.3 is 15.0 Å². The molecule has 2 atom stereocenters. The molecule has 0 saturated heterocycles. The van der Waals surface area contributed by atoms with Crippen molar-refractivity contribution in [1.82, 2.24) is 29.3 Å². The summed E-state index contributed by atoms with van der Waals surface area (Å²) in [7, 11) is 1.71. The second-order valence-electron chi connectivity index (χ2n) is 9.14. The second kappa shape index (κ2) is 7.67. The molecule has 0 spiro atoms. The summed E-state index contributed by atoms with van der Waals surface area (Å²) in [5, 5.41) is 4.51. The van der Waals surface area contributed by atoms with Crippen LogP contribution in [-0.4, -0.2) is 36.4 Å². The van der Waals surface area contributed by atoms with Gasteiger partial charge in [0, 0.05) is 43.0 Å². The van der Waals surface area contributed by atoms with Crippen molar-refractivity contribution in [1.29, 1.82) is 0 Å². The van der Waals surface area contributed by atoms with E-state index in [4.69, 9.17) is 15.5 Å². The van der Waals surface area contributed by atoms with E-state index in [0.29, 0.717) is 0 Å². The molecule has 2 unspecified atom stereocenters. The van der Waals surface area contributed by atoms with Crippen LogP contribution in [0.5, 0.6) is 0 Å². The quantitative estimate of drug-likeness (QED) is 0.509. The Morgan fingerprint density at radius 3 is 2.55 bits per heavy atom. The number of hydrogen-bond donors (Lipinski definition) is 1. The van der Waals surface area contributed by atoms with Gasteiger partial charge in [0.05, 0.1) is 17.0 Å². The zero-order chi connectivity index (χ0) is 23.2. The van der Waals surface area contributed by atoms with E-state index in [2.05, 4.69) is 64.7 Å². The maximum absolute atomic E-state index is 6.14. The van der Waals surface area contributed by atoms with Gasteiger partial charge in [0.1, 0.15) is 5.82 Å². The molecular formula is C25H27N7O. The number of anilines is 1. The Hall–Kier alpha value is -3.78. The van der Waals surface area contributed by atoms with Crippen LogP contribution in [0.25, 0.3) is 22.2 Å². The topological polar surface area (TPSA) is 96.7 Å². The maximum Gasteiger partial charge on any atom is 0.219 e. The number of hydrogen-bond acceptors (Lipinski definition) is 6. The highest BCUT2D eigenvalue weighted by atomic mass is 16.5. The smallest absolute Gasteiger partial charge is 0.219 e. The number of nitrogen functional groups attached to an aromatic ring is 1. The van der Waals surface area contributed by atoms with E-state index >= 15 is 0 Å². The molecule has 0 amide bonds. The van der Waals surface area contributed by atoms with E-state index in [9.17, 15) is 0 Å². The number of fused-ring (bicyclic) bond motifs is 1. The SMILES string of the molecule is COC1(n2cccn2)C=CC=CC1c1nc2cc(-c3cnc(N)nc3)ccc2n1C(C)(C)C. The number of ether oxygens (including phenoxy) is 1. The molecule has 2 N–H and O–H groups in total. The molecule has 0 aliphatic heterocycles. The second-order valence-corrected chi connectivity index (χ2v) is 9.14. The van der Waals surface area contributed by atoms with E-state index in [1.807, 2.05) is 35.2 Å². The van der Waals surface area contributed by atoms with Gasteiger partial charge in [-0.1, -0.05) is 24.3 Å². The van der Waals surface area contributed by atoms with Gasteiger partial charge in [-0.05, 0) is 50.6 Å². The average Bonchev–Trinajstić information content (AvgIpc) is 3.47. The van der Waals surface area contributed by atoms with Crippen molar-refractivity contribution >= 4 is 17.0 Å². The van der Waals surface area contributed by atoms with E-state index in [-0.39, 0.29) is 17.4 Å². The lowest BCUT2D eigenvalue weighted by Gasteiger charge is -2.38. The lowest BCUT2D eigenvalue weighted by Crippen LogP contribution is -2.42. The number of nitrogens with zero attached hydrogens (tertiary/aromatic N) is 6. The van der Waals surface area contributed by atoms with Gasteiger partial charge in [-0.25, -0.2) is 19.6 Å². The number of methoxy groups -OCH3 is 1. The van der Waals surface area contributed by atoms with Crippen LogP contribution < -0.4 is 5.73 Å². The first kappa shape index (κ1) is 21.1. The maximum atomic E-state index is 6.14. The van der Waals surface area contributed by atoms with Crippen LogP contribution in [0.2, 0.25) is 0 Å². The molecule has 1 aliphatic rings. The first-order valence-electron chi connectivity index (χ1n) is 10.9. The van der Waals surface area contributed by atoms with Gasteiger partial charge in [0.25, 0.3) is 0 Å². The number of rotatable bonds is 4. The molecule has 4 aromatic rings. The third kappa shape index (κ3) is 3.43. The van der Waals surface area contributed by atoms with E-state index in [0.717, 1.165) is 28.0 Å². The first-order valence-corrected chi connectivity index (χ1v) is 10.9. The molecule has 3 heterocycles. The molecule has 8 heteroatoms. The predicted octanol–water partition coefficient (Wildman–Crippen LogP) is 4.24. The highest BCUT2D eigenvalue weighted by molar-refractivity contribution is 5.83. The molecule has 5 rings (SSSR count).